The van der Waals surface area contributed by atoms with Gasteiger partial charge in [-0.1, -0.05) is 22.0 Å². The number of rotatable bonds is 4. The highest BCUT2D eigenvalue weighted by Crippen LogP contribution is 2.23. The number of aromatic nitrogens is 3. The summed E-state index contributed by atoms with van der Waals surface area (Å²) < 4.78 is 2.38. The first-order valence-electron chi connectivity index (χ1n) is 6.85. The Morgan fingerprint density at radius 2 is 2.13 bits per heavy atom. The number of hydrogen-bond acceptors (Lipinski definition) is 4. The van der Waals surface area contributed by atoms with Crippen LogP contribution >= 0.6 is 15.9 Å². The molecule has 0 bridgehead atoms. The zero-order valence-corrected chi connectivity index (χ0v) is 13.6. The average Bonchev–Trinajstić information content (AvgIpc) is 2.95. The largest absolute Gasteiger partial charge is 0.507 e. The molecule has 2 aromatic heterocycles. The molecule has 2 heterocycles. The summed E-state index contributed by atoms with van der Waals surface area (Å²) in [4.78, 5) is 16.4. The highest BCUT2D eigenvalue weighted by Gasteiger charge is 2.13. The maximum absolute atomic E-state index is 12.2. The molecule has 0 unspecified atom stereocenters. The summed E-state index contributed by atoms with van der Waals surface area (Å²) in [5.74, 6) is -0.101. The summed E-state index contributed by atoms with van der Waals surface area (Å²) in [6, 6.07) is 12.0. The van der Waals surface area contributed by atoms with Gasteiger partial charge in [-0.3, -0.25) is 14.5 Å². The first-order valence-corrected chi connectivity index (χ1v) is 7.64. The van der Waals surface area contributed by atoms with Crippen molar-refractivity contribution in [2.45, 2.75) is 6.54 Å². The molecule has 0 radical (unpaired) electrons. The molecule has 0 saturated carbocycles. The van der Waals surface area contributed by atoms with E-state index in [0.29, 0.717) is 16.8 Å². The lowest BCUT2D eigenvalue weighted by molar-refractivity contribution is 0.102. The summed E-state index contributed by atoms with van der Waals surface area (Å²) in [6.07, 6.45) is 3.48. The van der Waals surface area contributed by atoms with Gasteiger partial charge in [0.1, 0.15) is 5.75 Å². The topological polar surface area (TPSA) is 80.0 Å². The van der Waals surface area contributed by atoms with E-state index in [1.165, 1.54) is 6.07 Å². The molecule has 1 aromatic carbocycles. The first-order chi connectivity index (χ1) is 11.1. The molecule has 23 heavy (non-hydrogen) atoms. The van der Waals surface area contributed by atoms with E-state index in [0.717, 1.165) is 5.69 Å². The van der Waals surface area contributed by atoms with Crippen LogP contribution in [0.4, 0.5) is 5.82 Å². The second-order valence-corrected chi connectivity index (χ2v) is 5.75. The molecule has 2 N–H and O–H groups in total. The van der Waals surface area contributed by atoms with Crippen LogP contribution in [0.15, 0.2) is 59.3 Å². The molecule has 0 aliphatic heterocycles. The third kappa shape index (κ3) is 3.75. The maximum Gasteiger partial charge on any atom is 0.260 e. The zero-order valence-electron chi connectivity index (χ0n) is 12.0. The van der Waals surface area contributed by atoms with Gasteiger partial charge in [-0.2, -0.15) is 5.10 Å². The van der Waals surface area contributed by atoms with Crippen LogP contribution in [0.3, 0.4) is 0 Å². The Morgan fingerprint density at radius 3 is 2.87 bits per heavy atom. The SMILES string of the molecule is O=C(Nc1ccn(Cc2ccccn2)n1)c1ccc(Br)cc1O. The zero-order chi connectivity index (χ0) is 16.2. The highest BCUT2D eigenvalue weighted by molar-refractivity contribution is 9.10. The Labute approximate surface area is 140 Å². The second-order valence-electron chi connectivity index (χ2n) is 4.84. The number of nitrogens with zero attached hydrogens (tertiary/aromatic N) is 3. The van der Waals surface area contributed by atoms with E-state index in [4.69, 9.17) is 0 Å². The molecule has 0 saturated heterocycles. The Kier molecular flexibility index (Phi) is 4.38. The smallest absolute Gasteiger partial charge is 0.260 e. The minimum Gasteiger partial charge on any atom is -0.507 e. The van der Waals surface area contributed by atoms with E-state index in [1.807, 2.05) is 18.2 Å². The normalized spacial score (nSPS) is 10.5. The fourth-order valence-corrected chi connectivity index (χ4v) is 2.40. The summed E-state index contributed by atoms with van der Waals surface area (Å²) >= 11 is 3.23. The number of amides is 1. The standard InChI is InChI=1S/C16H13BrN4O2/c17-11-4-5-13(14(22)9-11)16(23)19-15-6-8-21(20-15)10-12-3-1-2-7-18-12/h1-9,22H,10H2,(H,19,20,23). The predicted octanol–water partition coefficient (Wildman–Crippen LogP) is 3.05. The lowest BCUT2D eigenvalue weighted by atomic mass is 10.2. The Balaban J connectivity index is 1.70. The summed E-state index contributed by atoms with van der Waals surface area (Å²) in [7, 11) is 0. The fourth-order valence-electron chi connectivity index (χ4n) is 2.05. The molecule has 116 valence electrons. The van der Waals surface area contributed by atoms with Crippen LogP contribution in [0, 0.1) is 0 Å². The summed E-state index contributed by atoms with van der Waals surface area (Å²) in [5, 5.41) is 16.7. The van der Waals surface area contributed by atoms with Crippen LogP contribution in [-0.4, -0.2) is 25.8 Å². The number of pyridine rings is 1. The Morgan fingerprint density at radius 1 is 1.26 bits per heavy atom. The Bertz CT molecular complexity index is 833. The molecule has 0 fully saturated rings. The van der Waals surface area contributed by atoms with Gasteiger partial charge in [0, 0.05) is 22.9 Å². The van der Waals surface area contributed by atoms with Gasteiger partial charge in [-0.15, -0.1) is 0 Å². The van der Waals surface area contributed by atoms with E-state index in [9.17, 15) is 9.90 Å². The van der Waals surface area contributed by atoms with Crippen molar-refractivity contribution in [2.75, 3.05) is 5.32 Å². The number of carbonyl (C=O) groups is 1. The minimum atomic E-state index is -0.418. The van der Waals surface area contributed by atoms with E-state index >= 15 is 0 Å². The van der Waals surface area contributed by atoms with Crippen molar-refractivity contribution in [1.82, 2.24) is 14.8 Å². The van der Waals surface area contributed by atoms with E-state index in [1.54, 1.807) is 35.3 Å². The highest BCUT2D eigenvalue weighted by atomic mass is 79.9. The van der Waals surface area contributed by atoms with Gasteiger partial charge in [0.2, 0.25) is 0 Å². The van der Waals surface area contributed by atoms with Gasteiger partial charge in [-0.25, -0.2) is 0 Å². The number of phenols is 1. The van der Waals surface area contributed by atoms with Crippen LogP contribution < -0.4 is 5.32 Å². The van der Waals surface area contributed by atoms with E-state index in [2.05, 4.69) is 31.3 Å². The fraction of sp³-hybridized carbons (Fsp3) is 0.0625. The van der Waals surface area contributed by atoms with Crippen molar-refractivity contribution in [3.63, 3.8) is 0 Å². The number of phenolic OH excluding ortho intramolecular Hbond substituents is 1. The van der Waals surface area contributed by atoms with Crippen LogP contribution in [-0.2, 0) is 6.54 Å². The number of benzene rings is 1. The van der Waals surface area contributed by atoms with Crippen LogP contribution in [0.2, 0.25) is 0 Å². The van der Waals surface area contributed by atoms with E-state index in [-0.39, 0.29) is 11.3 Å². The lowest BCUT2D eigenvalue weighted by Crippen LogP contribution is -2.13. The number of aromatic hydroxyl groups is 1. The third-order valence-corrected chi connectivity index (χ3v) is 3.63. The van der Waals surface area contributed by atoms with Gasteiger partial charge in [-0.05, 0) is 30.3 Å². The van der Waals surface area contributed by atoms with E-state index < -0.39 is 5.91 Å². The van der Waals surface area contributed by atoms with Gasteiger partial charge in [0.05, 0.1) is 17.8 Å². The monoisotopic (exact) mass is 372 g/mol. The third-order valence-electron chi connectivity index (χ3n) is 3.14. The van der Waals surface area contributed by atoms with Crippen molar-refractivity contribution >= 4 is 27.7 Å². The summed E-state index contributed by atoms with van der Waals surface area (Å²) in [5.41, 5.74) is 1.06. The lowest BCUT2D eigenvalue weighted by Gasteiger charge is -2.05. The predicted molar refractivity (Wildman–Crippen MR) is 89.3 cm³/mol. The van der Waals surface area contributed by atoms with Crippen molar-refractivity contribution in [3.8, 4) is 5.75 Å². The molecular formula is C16H13BrN4O2. The number of hydrogen-bond donors (Lipinski definition) is 2. The number of nitrogens with one attached hydrogen (secondary N) is 1. The molecular weight excluding hydrogens is 360 g/mol. The van der Waals surface area contributed by atoms with Gasteiger partial charge >= 0.3 is 0 Å². The average molecular weight is 373 g/mol. The first kappa shape index (κ1) is 15.2. The Hall–Kier alpha value is -2.67. The maximum atomic E-state index is 12.2. The van der Waals surface area contributed by atoms with Gasteiger partial charge in [0.15, 0.2) is 5.82 Å². The molecule has 3 rings (SSSR count). The molecule has 0 spiro atoms. The molecule has 7 heteroatoms. The number of halogens is 1. The second kappa shape index (κ2) is 6.62. The molecule has 0 atom stereocenters. The number of carbonyl (C=O) groups excluding carboxylic acids is 1. The van der Waals surface area contributed by atoms with Crippen molar-refractivity contribution in [2.24, 2.45) is 0 Å². The van der Waals surface area contributed by atoms with Gasteiger partial charge < -0.3 is 10.4 Å². The van der Waals surface area contributed by atoms with Crippen molar-refractivity contribution < 1.29 is 9.90 Å². The summed E-state index contributed by atoms with van der Waals surface area (Å²) in [6.45, 7) is 0.514. The van der Waals surface area contributed by atoms with Crippen LogP contribution in [0.5, 0.6) is 5.75 Å². The molecule has 0 aliphatic rings. The number of anilines is 1. The molecule has 0 aliphatic carbocycles. The van der Waals surface area contributed by atoms with Crippen LogP contribution in [0.1, 0.15) is 16.1 Å². The van der Waals surface area contributed by atoms with Crippen molar-refractivity contribution in [1.29, 1.82) is 0 Å². The minimum absolute atomic E-state index is 0.0928. The quantitative estimate of drug-likeness (QED) is 0.737. The molecule has 6 nitrogen and oxygen atoms in total. The van der Waals surface area contributed by atoms with Crippen molar-refractivity contribution in [3.05, 3.63) is 70.6 Å². The molecule has 3 aromatic rings. The molecule has 1 amide bonds. The van der Waals surface area contributed by atoms with Gasteiger partial charge in [0.25, 0.3) is 5.91 Å². The van der Waals surface area contributed by atoms with Crippen LogP contribution in [0.25, 0.3) is 0 Å².